The lowest BCUT2D eigenvalue weighted by molar-refractivity contribution is 0.0655. The molecule has 23 heavy (non-hydrogen) atoms. The highest BCUT2D eigenvalue weighted by Crippen LogP contribution is 2.24. The summed E-state index contributed by atoms with van der Waals surface area (Å²) in [6.07, 6.45) is 0.579. The van der Waals surface area contributed by atoms with Crippen LogP contribution in [-0.2, 0) is 0 Å². The summed E-state index contributed by atoms with van der Waals surface area (Å²) in [7, 11) is 0. The number of carbonyl (C=O) groups is 2. The summed E-state index contributed by atoms with van der Waals surface area (Å²) >= 11 is 1.36. The van der Waals surface area contributed by atoms with E-state index in [1.807, 2.05) is 0 Å². The number of imide groups is 1. The predicted octanol–water partition coefficient (Wildman–Crippen LogP) is 3.74. The molecule has 3 rings (SSSR count). The monoisotopic (exact) mass is 333 g/mol. The molecule has 0 atom stereocenters. The van der Waals surface area contributed by atoms with Crippen LogP contribution >= 0.6 is 11.8 Å². The molecular formula is C17H13F2NO2S. The second kappa shape index (κ2) is 6.50. The number of fused-ring (bicyclic) bond motifs is 1. The van der Waals surface area contributed by atoms with Crippen molar-refractivity contribution in [1.29, 1.82) is 0 Å². The number of hydrogen-bond donors (Lipinski definition) is 0. The van der Waals surface area contributed by atoms with Gasteiger partial charge in [-0.1, -0.05) is 12.1 Å². The van der Waals surface area contributed by atoms with Crippen molar-refractivity contribution in [3.05, 3.63) is 65.2 Å². The van der Waals surface area contributed by atoms with Gasteiger partial charge in [0.25, 0.3) is 11.8 Å². The smallest absolute Gasteiger partial charge is 0.261 e. The lowest BCUT2D eigenvalue weighted by atomic mass is 10.1. The number of benzene rings is 2. The molecule has 0 N–H and O–H groups in total. The Kier molecular flexibility index (Phi) is 4.43. The van der Waals surface area contributed by atoms with Crippen LogP contribution < -0.4 is 0 Å². The number of nitrogens with zero attached hydrogens (tertiary/aromatic N) is 1. The fourth-order valence-corrected chi connectivity index (χ4v) is 3.28. The summed E-state index contributed by atoms with van der Waals surface area (Å²) < 4.78 is 25.9. The first-order chi connectivity index (χ1) is 11.1. The Balaban J connectivity index is 1.55. The maximum Gasteiger partial charge on any atom is 0.261 e. The molecule has 0 spiro atoms. The molecule has 118 valence electrons. The summed E-state index contributed by atoms with van der Waals surface area (Å²) in [6.45, 7) is 0.309. The lowest BCUT2D eigenvalue weighted by Crippen LogP contribution is -2.30. The van der Waals surface area contributed by atoms with Gasteiger partial charge in [-0.3, -0.25) is 14.5 Å². The van der Waals surface area contributed by atoms with E-state index < -0.39 is 11.6 Å². The molecule has 6 heteroatoms. The highest BCUT2D eigenvalue weighted by Gasteiger charge is 2.34. The zero-order chi connectivity index (χ0) is 16.4. The van der Waals surface area contributed by atoms with Gasteiger partial charge in [0.15, 0.2) is 11.6 Å². The molecule has 2 aromatic carbocycles. The van der Waals surface area contributed by atoms with Gasteiger partial charge in [-0.15, -0.1) is 11.8 Å². The van der Waals surface area contributed by atoms with E-state index in [0.717, 1.165) is 12.1 Å². The Morgan fingerprint density at radius 2 is 1.57 bits per heavy atom. The number of rotatable bonds is 5. The molecule has 1 heterocycles. The molecule has 2 amide bonds. The van der Waals surface area contributed by atoms with E-state index in [1.165, 1.54) is 22.7 Å². The molecule has 0 aliphatic carbocycles. The molecule has 0 saturated carbocycles. The number of carbonyl (C=O) groups excluding carboxylic acids is 2. The average molecular weight is 333 g/mol. The van der Waals surface area contributed by atoms with Crippen LogP contribution in [0, 0.1) is 11.6 Å². The number of halogens is 2. The van der Waals surface area contributed by atoms with E-state index in [-0.39, 0.29) is 11.8 Å². The van der Waals surface area contributed by atoms with Gasteiger partial charge >= 0.3 is 0 Å². The summed E-state index contributed by atoms with van der Waals surface area (Å²) in [5.41, 5.74) is 0.872. The van der Waals surface area contributed by atoms with Crippen LogP contribution in [0.4, 0.5) is 8.78 Å². The number of hydrogen-bond acceptors (Lipinski definition) is 3. The van der Waals surface area contributed by atoms with Crippen molar-refractivity contribution in [2.75, 3.05) is 12.3 Å². The molecule has 0 saturated heterocycles. The average Bonchev–Trinajstić information content (AvgIpc) is 2.80. The van der Waals surface area contributed by atoms with Crippen LogP contribution in [0.2, 0.25) is 0 Å². The minimum Gasteiger partial charge on any atom is -0.274 e. The molecule has 0 fully saturated rings. The largest absolute Gasteiger partial charge is 0.274 e. The summed E-state index contributed by atoms with van der Waals surface area (Å²) in [5.74, 6) is -1.71. The summed E-state index contributed by atoms with van der Waals surface area (Å²) in [5, 5.41) is 0. The minimum atomic E-state index is -0.879. The first kappa shape index (κ1) is 15.7. The van der Waals surface area contributed by atoms with E-state index >= 15 is 0 Å². The minimum absolute atomic E-state index is 0.275. The standard InChI is InChI=1S/C17H13F2NO2S/c18-14-7-6-11(10-15(14)19)23-9-3-8-20-16(21)12-4-1-2-5-13(12)17(20)22/h1-2,4-7,10H,3,8-9H2. The second-order valence-electron chi connectivity index (χ2n) is 5.09. The van der Waals surface area contributed by atoms with E-state index in [1.54, 1.807) is 24.3 Å². The predicted molar refractivity (Wildman–Crippen MR) is 83.5 cm³/mol. The number of thioether (sulfide) groups is 1. The molecule has 0 aromatic heterocycles. The van der Waals surface area contributed by atoms with Crippen LogP contribution in [0.25, 0.3) is 0 Å². The zero-order valence-electron chi connectivity index (χ0n) is 12.1. The molecule has 0 radical (unpaired) electrons. The third kappa shape index (κ3) is 3.12. The lowest BCUT2D eigenvalue weighted by Gasteiger charge is -2.13. The van der Waals surface area contributed by atoms with Gasteiger partial charge in [0.05, 0.1) is 11.1 Å². The van der Waals surface area contributed by atoms with Gasteiger partial charge in [0.1, 0.15) is 0 Å². The Bertz CT molecular complexity index is 744. The zero-order valence-corrected chi connectivity index (χ0v) is 12.9. The van der Waals surface area contributed by atoms with Crippen molar-refractivity contribution in [1.82, 2.24) is 4.90 Å². The van der Waals surface area contributed by atoms with Crippen molar-refractivity contribution in [3.8, 4) is 0 Å². The van der Waals surface area contributed by atoms with Gasteiger partial charge in [0, 0.05) is 11.4 Å². The maximum atomic E-state index is 13.1. The molecule has 0 unspecified atom stereocenters. The second-order valence-corrected chi connectivity index (χ2v) is 6.25. The van der Waals surface area contributed by atoms with Gasteiger partial charge in [0.2, 0.25) is 0 Å². The van der Waals surface area contributed by atoms with Crippen molar-refractivity contribution < 1.29 is 18.4 Å². The summed E-state index contributed by atoms with van der Waals surface area (Å²) in [6, 6.07) is 10.5. The van der Waals surface area contributed by atoms with Gasteiger partial charge < -0.3 is 0 Å². The van der Waals surface area contributed by atoms with E-state index in [4.69, 9.17) is 0 Å². The van der Waals surface area contributed by atoms with Crippen molar-refractivity contribution in [2.45, 2.75) is 11.3 Å². The molecular weight excluding hydrogens is 320 g/mol. The van der Waals surface area contributed by atoms with Gasteiger partial charge in [-0.25, -0.2) is 8.78 Å². The van der Waals surface area contributed by atoms with Crippen LogP contribution in [0.3, 0.4) is 0 Å². The Hall–Kier alpha value is -2.21. The molecule has 2 aromatic rings. The quantitative estimate of drug-likeness (QED) is 0.475. The first-order valence-corrected chi connectivity index (χ1v) is 8.09. The Labute approximate surface area is 136 Å². The third-order valence-corrected chi connectivity index (χ3v) is 4.64. The fourth-order valence-electron chi connectivity index (χ4n) is 2.42. The molecule has 1 aliphatic rings. The van der Waals surface area contributed by atoms with Crippen LogP contribution in [0.5, 0.6) is 0 Å². The van der Waals surface area contributed by atoms with Gasteiger partial charge in [-0.05, 0) is 42.5 Å². The van der Waals surface area contributed by atoms with Crippen molar-refractivity contribution >= 4 is 23.6 Å². The highest BCUT2D eigenvalue weighted by atomic mass is 32.2. The van der Waals surface area contributed by atoms with Crippen LogP contribution in [0.1, 0.15) is 27.1 Å². The Morgan fingerprint density at radius 3 is 2.17 bits per heavy atom. The van der Waals surface area contributed by atoms with Crippen molar-refractivity contribution in [2.24, 2.45) is 0 Å². The first-order valence-electron chi connectivity index (χ1n) is 7.11. The van der Waals surface area contributed by atoms with Crippen molar-refractivity contribution in [3.63, 3.8) is 0 Å². The van der Waals surface area contributed by atoms with Gasteiger partial charge in [-0.2, -0.15) is 0 Å². The third-order valence-electron chi connectivity index (χ3n) is 3.56. The van der Waals surface area contributed by atoms with E-state index in [9.17, 15) is 18.4 Å². The fraction of sp³-hybridized carbons (Fsp3) is 0.176. The van der Waals surface area contributed by atoms with E-state index in [0.29, 0.717) is 34.7 Å². The van der Waals surface area contributed by atoms with E-state index in [2.05, 4.69) is 0 Å². The normalized spacial score (nSPS) is 13.6. The SMILES string of the molecule is O=C1c2ccccc2C(=O)N1CCCSc1ccc(F)c(F)c1. The number of amides is 2. The Morgan fingerprint density at radius 1 is 0.913 bits per heavy atom. The maximum absolute atomic E-state index is 13.1. The van der Waals surface area contributed by atoms with Crippen LogP contribution in [-0.4, -0.2) is 29.0 Å². The topological polar surface area (TPSA) is 37.4 Å². The molecule has 1 aliphatic heterocycles. The molecule has 3 nitrogen and oxygen atoms in total. The highest BCUT2D eigenvalue weighted by molar-refractivity contribution is 7.99. The molecule has 0 bridgehead atoms. The van der Waals surface area contributed by atoms with Crippen LogP contribution in [0.15, 0.2) is 47.4 Å². The summed E-state index contributed by atoms with van der Waals surface area (Å²) in [4.78, 5) is 26.2.